The maximum Gasteiger partial charge on any atom is 0.244 e. The number of hydrogen-bond acceptors (Lipinski definition) is 5. The lowest BCUT2D eigenvalue weighted by molar-refractivity contribution is 0.383. The Balaban J connectivity index is 1.47. The van der Waals surface area contributed by atoms with Gasteiger partial charge in [0.1, 0.15) is 4.90 Å². The maximum absolute atomic E-state index is 13.0. The summed E-state index contributed by atoms with van der Waals surface area (Å²) in [4.78, 5) is 2.02. The number of sulfonamides is 1. The molecule has 0 unspecified atom stereocenters. The van der Waals surface area contributed by atoms with E-state index in [0.717, 1.165) is 5.56 Å². The van der Waals surface area contributed by atoms with Crippen LogP contribution in [0.25, 0.3) is 11.3 Å². The monoisotopic (exact) mass is 482 g/mol. The first-order valence-corrected chi connectivity index (χ1v) is 11.7. The largest absolute Gasteiger partial charge is 0.352 e. The van der Waals surface area contributed by atoms with E-state index in [4.69, 9.17) is 34.8 Å². The van der Waals surface area contributed by atoms with Crippen molar-refractivity contribution in [3.8, 4) is 11.3 Å². The summed E-state index contributed by atoms with van der Waals surface area (Å²) in [5, 5.41) is 9.67. The Kier molecular flexibility index (Phi) is 6.18. The van der Waals surface area contributed by atoms with Gasteiger partial charge in [-0.15, -0.1) is 10.2 Å². The molecule has 0 radical (unpaired) electrons. The standard InChI is InChI=1S/C20H17Cl3N4O2S/c21-14-5-6-17(23)19(13-14)30(28,29)27-11-9-26(10-12-27)20-8-7-18(24-25-20)15-3-1-2-4-16(15)22/h1-8,13H,9-12H2. The van der Waals surface area contributed by atoms with Crippen LogP contribution in [0.5, 0.6) is 0 Å². The normalized spacial score (nSPS) is 15.4. The number of piperazine rings is 1. The van der Waals surface area contributed by atoms with Crippen molar-refractivity contribution in [3.05, 3.63) is 69.7 Å². The van der Waals surface area contributed by atoms with E-state index in [0.29, 0.717) is 47.7 Å². The van der Waals surface area contributed by atoms with Gasteiger partial charge in [0, 0.05) is 36.8 Å². The van der Waals surface area contributed by atoms with Gasteiger partial charge in [0.2, 0.25) is 10.0 Å². The molecule has 0 spiro atoms. The Bertz CT molecular complexity index is 1160. The number of nitrogens with zero attached hydrogens (tertiary/aromatic N) is 4. The Morgan fingerprint density at radius 2 is 1.53 bits per heavy atom. The SMILES string of the molecule is O=S(=O)(c1cc(Cl)ccc1Cl)N1CCN(c2ccc(-c3ccccc3Cl)nn2)CC1. The Morgan fingerprint density at radius 3 is 2.20 bits per heavy atom. The van der Waals surface area contributed by atoms with Crippen LogP contribution in [0.1, 0.15) is 0 Å². The van der Waals surface area contributed by atoms with E-state index in [9.17, 15) is 8.42 Å². The molecule has 0 atom stereocenters. The van der Waals surface area contributed by atoms with Gasteiger partial charge in [0.15, 0.2) is 5.82 Å². The summed E-state index contributed by atoms with van der Waals surface area (Å²) in [6.07, 6.45) is 0. The number of rotatable bonds is 4. The number of hydrogen-bond donors (Lipinski definition) is 0. The minimum atomic E-state index is -3.73. The van der Waals surface area contributed by atoms with Crippen LogP contribution in [-0.2, 0) is 10.0 Å². The molecule has 10 heteroatoms. The molecule has 3 aromatic rings. The zero-order chi connectivity index (χ0) is 21.3. The third-order valence-corrected chi connectivity index (χ3v) is 7.82. The molecule has 6 nitrogen and oxygen atoms in total. The molecule has 0 amide bonds. The van der Waals surface area contributed by atoms with Crippen LogP contribution in [0.2, 0.25) is 15.1 Å². The predicted molar refractivity (Wildman–Crippen MR) is 120 cm³/mol. The molecule has 1 fully saturated rings. The van der Waals surface area contributed by atoms with Crippen molar-refractivity contribution >= 4 is 50.6 Å². The number of anilines is 1. The zero-order valence-electron chi connectivity index (χ0n) is 15.7. The Labute approximate surface area is 190 Å². The fraction of sp³-hybridized carbons (Fsp3) is 0.200. The van der Waals surface area contributed by atoms with Crippen LogP contribution < -0.4 is 4.90 Å². The molecule has 4 rings (SSSR count). The van der Waals surface area contributed by atoms with Gasteiger partial charge in [-0.3, -0.25) is 0 Å². The van der Waals surface area contributed by atoms with Gasteiger partial charge < -0.3 is 4.90 Å². The molecular weight excluding hydrogens is 467 g/mol. The highest BCUT2D eigenvalue weighted by molar-refractivity contribution is 7.89. The number of aromatic nitrogens is 2. The summed E-state index contributed by atoms with van der Waals surface area (Å²) >= 11 is 18.3. The van der Waals surface area contributed by atoms with Gasteiger partial charge >= 0.3 is 0 Å². The zero-order valence-corrected chi connectivity index (χ0v) is 18.8. The minimum absolute atomic E-state index is 0.0222. The van der Waals surface area contributed by atoms with E-state index in [1.807, 2.05) is 35.2 Å². The average Bonchev–Trinajstić information content (AvgIpc) is 2.76. The second-order valence-electron chi connectivity index (χ2n) is 6.72. The van der Waals surface area contributed by atoms with E-state index in [2.05, 4.69) is 10.2 Å². The molecule has 0 saturated carbocycles. The van der Waals surface area contributed by atoms with E-state index >= 15 is 0 Å². The molecule has 0 bridgehead atoms. The average molecular weight is 484 g/mol. The summed E-state index contributed by atoms with van der Waals surface area (Å²) in [6.45, 7) is 1.58. The van der Waals surface area contributed by atoms with Crippen molar-refractivity contribution in [2.24, 2.45) is 0 Å². The van der Waals surface area contributed by atoms with E-state index in [1.54, 1.807) is 12.1 Å². The summed E-state index contributed by atoms with van der Waals surface area (Å²) in [5.74, 6) is 0.684. The molecule has 1 saturated heterocycles. The first kappa shape index (κ1) is 21.3. The van der Waals surface area contributed by atoms with E-state index in [-0.39, 0.29) is 9.92 Å². The summed E-state index contributed by atoms with van der Waals surface area (Å²) in [6, 6.07) is 15.6. The van der Waals surface area contributed by atoms with Crippen LogP contribution in [-0.4, -0.2) is 49.1 Å². The highest BCUT2D eigenvalue weighted by atomic mass is 35.5. The molecule has 1 aromatic heterocycles. The molecule has 0 aliphatic carbocycles. The molecule has 2 aromatic carbocycles. The number of benzene rings is 2. The van der Waals surface area contributed by atoms with Crippen LogP contribution in [0, 0.1) is 0 Å². The van der Waals surface area contributed by atoms with E-state index in [1.165, 1.54) is 16.4 Å². The van der Waals surface area contributed by atoms with Gasteiger partial charge in [0.25, 0.3) is 0 Å². The van der Waals surface area contributed by atoms with Crippen LogP contribution in [0.3, 0.4) is 0 Å². The first-order valence-electron chi connectivity index (χ1n) is 9.15. The predicted octanol–water partition coefficient (Wildman–Crippen LogP) is 4.61. The molecular formula is C20H17Cl3N4O2S. The van der Waals surface area contributed by atoms with Crippen LogP contribution in [0.4, 0.5) is 5.82 Å². The summed E-state index contributed by atoms with van der Waals surface area (Å²) in [7, 11) is -3.73. The minimum Gasteiger partial charge on any atom is -0.352 e. The second-order valence-corrected chi connectivity index (χ2v) is 9.88. The van der Waals surface area contributed by atoms with Crippen molar-refractivity contribution in [3.63, 3.8) is 0 Å². The first-order chi connectivity index (χ1) is 14.4. The molecule has 1 aliphatic rings. The fourth-order valence-electron chi connectivity index (χ4n) is 3.28. The van der Waals surface area contributed by atoms with Gasteiger partial charge in [-0.2, -0.15) is 4.31 Å². The third kappa shape index (κ3) is 4.26. The lowest BCUT2D eigenvalue weighted by atomic mass is 10.1. The van der Waals surface area contributed by atoms with Crippen molar-refractivity contribution in [1.29, 1.82) is 0 Å². The quantitative estimate of drug-likeness (QED) is 0.542. The smallest absolute Gasteiger partial charge is 0.244 e. The molecule has 0 N–H and O–H groups in total. The van der Waals surface area contributed by atoms with Gasteiger partial charge in [-0.1, -0.05) is 53.0 Å². The fourth-order valence-corrected chi connectivity index (χ4v) is 5.67. The molecule has 1 aliphatic heterocycles. The Hall–Kier alpha value is -1.90. The van der Waals surface area contributed by atoms with Gasteiger partial charge in [0.05, 0.1) is 15.7 Å². The number of halogens is 3. The maximum atomic E-state index is 13.0. The third-order valence-electron chi connectivity index (χ3n) is 4.87. The summed E-state index contributed by atoms with van der Waals surface area (Å²) < 4.78 is 27.3. The van der Waals surface area contributed by atoms with Crippen molar-refractivity contribution < 1.29 is 8.42 Å². The highest BCUT2D eigenvalue weighted by Crippen LogP contribution is 2.29. The van der Waals surface area contributed by atoms with Crippen LogP contribution >= 0.6 is 34.8 Å². The molecule has 30 heavy (non-hydrogen) atoms. The second kappa shape index (κ2) is 8.69. The molecule has 2 heterocycles. The van der Waals surface area contributed by atoms with Gasteiger partial charge in [-0.05, 0) is 36.4 Å². The van der Waals surface area contributed by atoms with Gasteiger partial charge in [-0.25, -0.2) is 8.42 Å². The Morgan fingerprint density at radius 1 is 0.800 bits per heavy atom. The topological polar surface area (TPSA) is 66.4 Å². The van der Waals surface area contributed by atoms with Crippen molar-refractivity contribution in [2.75, 3.05) is 31.1 Å². The highest BCUT2D eigenvalue weighted by Gasteiger charge is 2.30. The van der Waals surface area contributed by atoms with Crippen LogP contribution in [0.15, 0.2) is 59.5 Å². The van der Waals surface area contributed by atoms with Crippen molar-refractivity contribution in [2.45, 2.75) is 4.90 Å². The van der Waals surface area contributed by atoms with Crippen molar-refractivity contribution in [1.82, 2.24) is 14.5 Å². The summed E-state index contributed by atoms with van der Waals surface area (Å²) in [5.41, 5.74) is 1.49. The lowest BCUT2D eigenvalue weighted by Gasteiger charge is -2.34. The lowest BCUT2D eigenvalue weighted by Crippen LogP contribution is -2.49. The molecule has 156 valence electrons. The van der Waals surface area contributed by atoms with E-state index < -0.39 is 10.0 Å².